The fourth-order valence-corrected chi connectivity index (χ4v) is 4.89. The van der Waals surface area contributed by atoms with E-state index in [0.29, 0.717) is 17.4 Å². The highest BCUT2D eigenvalue weighted by atomic mass is 16.3. The van der Waals surface area contributed by atoms with E-state index in [1.165, 1.54) is 32.1 Å². The molecule has 1 heteroatoms. The first-order chi connectivity index (χ1) is 7.92. The van der Waals surface area contributed by atoms with Crippen molar-refractivity contribution < 1.29 is 5.11 Å². The molecule has 0 aromatic heterocycles. The lowest BCUT2D eigenvalue weighted by molar-refractivity contribution is -0.0841. The second kappa shape index (κ2) is 4.57. The van der Waals surface area contributed by atoms with Gasteiger partial charge in [-0.25, -0.2) is 0 Å². The summed E-state index contributed by atoms with van der Waals surface area (Å²) < 4.78 is 0. The van der Waals surface area contributed by atoms with Crippen LogP contribution in [-0.2, 0) is 0 Å². The molecule has 1 N–H and O–H groups in total. The summed E-state index contributed by atoms with van der Waals surface area (Å²) in [6.45, 7) is 10.2. The van der Waals surface area contributed by atoms with Crippen LogP contribution in [0.1, 0.15) is 66.2 Å². The summed E-state index contributed by atoms with van der Waals surface area (Å²) in [5.41, 5.74) is 0.912. The highest BCUT2D eigenvalue weighted by Crippen LogP contribution is 2.59. The van der Waals surface area contributed by atoms with Crippen LogP contribution in [-0.4, -0.2) is 11.7 Å². The van der Waals surface area contributed by atoms with Gasteiger partial charge in [0.05, 0.1) is 0 Å². The predicted octanol–water partition coefficient (Wildman–Crippen LogP) is 4.25. The lowest BCUT2D eigenvalue weighted by atomic mass is 9.48. The fourth-order valence-electron chi connectivity index (χ4n) is 4.89. The van der Waals surface area contributed by atoms with Crippen molar-refractivity contribution in [2.45, 2.75) is 66.2 Å². The number of hydrogen-bond donors (Lipinski definition) is 1. The predicted molar refractivity (Wildman–Crippen MR) is 72.8 cm³/mol. The molecule has 0 amide bonds. The van der Waals surface area contributed by atoms with E-state index in [1.807, 2.05) is 0 Å². The van der Waals surface area contributed by atoms with Gasteiger partial charge in [0.1, 0.15) is 0 Å². The highest BCUT2D eigenvalue weighted by molar-refractivity contribution is 5.00. The first-order valence-corrected chi connectivity index (χ1v) is 7.52. The van der Waals surface area contributed by atoms with Gasteiger partial charge in [0.2, 0.25) is 0 Å². The van der Waals surface area contributed by atoms with E-state index in [-0.39, 0.29) is 0 Å². The molecule has 0 heterocycles. The third kappa shape index (κ3) is 2.16. The van der Waals surface area contributed by atoms with Crippen LogP contribution >= 0.6 is 0 Å². The van der Waals surface area contributed by atoms with Crippen LogP contribution in [0.25, 0.3) is 0 Å². The molecule has 0 radical (unpaired) electrons. The minimum absolute atomic E-state index is 0.366. The molecule has 100 valence electrons. The van der Waals surface area contributed by atoms with Gasteiger partial charge in [-0.3, -0.25) is 0 Å². The Bertz CT molecular complexity index is 271. The molecule has 0 bridgehead atoms. The lowest BCUT2D eigenvalue weighted by Crippen LogP contribution is -2.49. The zero-order valence-electron chi connectivity index (χ0n) is 12.1. The zero-order valence-corrected chi connectivity index (χ0v) is 12.1. The summed E-state index contributed by atoms with van der Waals surface area (Å²) in [5.74, 6) is 2.52. The van der Waals surface area contributed by atoms with Gasteiger partial charge in [0.15, 0.2) is 0 Å². The van der Waals surface area contributed by atoms with Crippen LogP contribution < -0.4 is 0 Å². The van der Waals surface area contributed by atoms with Crippen molar-refractivity contribution in [1.82, 2.24) is 0 Å². The van der Waals surface area contributed by atoms with Crippen molar-refractivity contribution >= 4 is 0 Å². The van der Waals surface area contributed by atoms with E-state index in [9.17, 15) is 5.11 Å². The van der Waals surface area contributed by atoms with E-state index in [1.54, 1.807) is 0 Å². The van der Waals surface area contributed by atoms with Gasteiger partial charge in [-0.05, 0) is 60.7 Å². The van der Waals surface area contributed by atoms with Crippen LogP contribution in [0.15, 0.2) is 0 Å². The Hall–Kier alpha value is -0.0400. The highest BCUT2D eigenvalue weighted by Gasteiger charge is 2.51. The second-order valence-corrected chi connectivity index (χ2v) is 7.55. The molecule has 17 heavy (non-hydrogen) atoms. The molecular weight excluding hydrogens is 208 g/mol. The minimum Gasteiger partial charge on any atom is -0.396 e. The Kier molecular flexibility index (Phi) is 3.60. The average molecular weight is 238 g/mol. The Morgan fingerprint density at radius 2 is 1.76 bits per heavy atom. The topological polar surface area (TPSA) is 20.2 Å². The molecule has 2 aliphatic rings. The number of rotatable bonds is 2. The van der Waals surface area contributed by atoms with E-state index in [0.717, 1.165) is 24.2 Å². The van der Waals surface area contributed by atoms with Gasteiger partial charge in [-0.15, -0.1) is 0 Å². The third-order valence-corrected chi connectivity index (χ3v) is 6.36. The van der Waals surface area contributed by atoms with Crippen molar-refractivity contribution in [2.24, 2.45) is 28.6 Å². The summed E-state index contributed by atoms with van der Waals surface area (Å²) in [5, 5.41) is 9.42. The van der Waals surface area contributed by atoms with Crippen molar-refractivity contribution in [2.75, 3.05) is 6.61 Å². The van der Waals surface area contributed by atoms with Crippen molar-refractivity contribution in [3.05, 3.63) is 0 Å². The molecule has 1 nitrogen and oxygen atoms in total. The molecule has 0 aliphatic heterocycles. The van der Waals surface area contributed by atoms with Crippen molar-refractivity contribution in [3.8, 4) is 0 Å². The summed E-state index contributed by atoms with van der Waals surface area (Å²) in [6, 6.07) is 0. The normalized spacial score (nSPS) is 45.4. The van der Waals surface area contributed by atoms with Crippen molar-refractivity contribution in [3.63, 3.8) is 0 Å². The molecule has 4 unspecified atom stereocenters. The maximum atomic E-state index is 9.42. The molecule has 0 aromatic rings. The molecule has 2 saturated carbocycles. The number of aliphatic hydroxyl groups excluding tert-OH is 1. The van der Waals surface area contributed by atoms with Gasteiger partial charge < -0.3 is 5.11 Å². The molecule has 0 aromatic carbocycles. The van der Waals surface area contributed by atoms with E-state index in [2.05, 4.69) is 27.7 Å². The molecule has 2 rings (SSSR count). The third-order valence-electron chi connectivity index (χ3n) is 6.36. The van der Waals surface area contributed by atoms with Crippen LogP contribution in [0.5, 0.6) is 0 Å². The number of aliphatic hydroxyl groups is 1. The molecule has 2 aliphatic carbocycles. The van der Waals surface area contributed by atoms with E-state index < -0.39 is 0 Å². The first-order valence-electron chi connectivity index (χ1n) is 7.52. The summed E-state index contributed by atoms with van der Waals surface area (Å²) in [7, 11) is 0. The first kappa shape index (κ1) is 13.4. The number of fused-ring (bicyclic) bond motifs is 1. The van der Waals surface area contributed by atoms with Crippen LogP contribution in [0.2, 0.25) is 0 Å². The maximum Gasteiger partial charge on any atom is 0.0436 e. The van der Waals surface area contributed by atoms with Gasteiger partial charge in [0, 0.05) is 6.61 Å². The Morgan fingerprint density at radius 3 is 2.41 bits per heavy atom. The molecule has 2 fully saturated rings. The van der Waals surface area contributed by atoms with Gasteiger partial charge in [-0.2, -0.15) is 0 Å². The molecular formula is C16H30O. The quantitative estimate of drug-likeness (QED) is 0.762. The largest absolute Gasteiger partial charge is 0.396 e. The molecule has 4 atom stereocenters. The van der Waals surface area contributed by atoms with Gasteiger partial charge in [-0.1, -0.05) is 34.1 Å². The SMILES string of the molecule is CC1CCC2C(CCCC2(C)C)C1(C)CCO. The molecule has 0 spiro atoms. The van der Waals surface area contributed by atoms with E-state index in [4.69, 9.17) is 0 Å². The van der Waals surface area contributed by atoms with E-state index >= 15 is 0 Å². The monoisotopic (exact) mass is 238 g/mol. The van der Waals surface area contributed by atoms with Crippen molar-refractivity contribution in [1.29, 1.82) is 0 Å². The average Bonchev–Trinajstić information content (AvgIpc) is 2.24. The Morgan fingerprint density at radius 1 is 1.06 bits per heavy atom. The second-order valence-electron chi connectivity index (χ2n) is 7.55. The van der Waals surface area contributed by atoms with Crippen LogP contribution in [0.4, 0.5) is 0 Å². The summed E-state index contributed by atoms with van der Waals surface area (Å²) in [4.78, 5) is 0. The zero-order chi connectivity index (χ0) is 12.7. The maximum absolute atomic E-state index is 9.42. The van der Waals surface area contributed by atoms with Crippen LogP contribution in [0.3, 0.4) is 0 Å². The van der Waals surface area contributed by atoms with Crippen LogP contribution in [0, 0.1) is 28.6 Å². The minimum atomic E-state index is 0.366. The standard InChI is InChI=1S/C16H30O/c1-12-7-8-13-14(16(12,4)10-11-17)6-5-9-15(13,2)3/h12-14,17H,5-11H2,1-4H3. The molecule has 0 saturated heterocycles. The fraction of sp³-hybridized carbons (Fsp3) is 1.00. The summed E-state index contributed by atoms with van der Waals surface area (Å²) >= 11 is 0. The van der Waals surface area contributed by atoms with Gasteiger partial charge >= 0.3 is 0 Å². The summed E-state index contributed by atoms with van der Waals surface area (Å²) in [6.07, 6.45) is 7.97. The van der Waals surface area contributed by atoms with Gasteiger partial charge in [0.25, 0.3) is 0 Å². The Balaban J connectivity index is 2.26. The smallest absolute Gasteiger partial charge is 0.0436 e. The Labute approximate surface area is 107 Å². The lowest BCUT2D eigenvalue weighted by Gasteiger charge is -2.57. The number of hydrogen-bond acceptors (Lipinski definition) is 1.